The van der Waals surface area contributed by atoms with Gasteiger partial charge in [0, 0.05) is 24.2 Å². The maximum atomic E-state index is 13.3. The van der Waals surface area contributed by atoms with E-state index in [2.05, 4.69) is 10.4 Å². The zero-order chi connectivity index (χ0) is 24.6. The number of carbonyl (C=O) groups is 1. The third-order valence-electron chi connectivity index (χ3n) is 5.11. The van der Waals surface area contributed by atoms with Gasteiger partial charge in [0.2, 0.25) is 5.88 Å². The molecule has 0 spiro atoms. The van der Waals surface area contributed by atoms with Gasteiger partial charge in [-0.05, 0) is 66.6 Å². The minimum Gasteiger partial charge on any atom is -0.494 e. The highest BCUT2D eigenvalue weighted by molar-refractivity contribution is 5.94. The highest BCUT2D eigenvalue weighted by Crippen LogP contribution is 2.14. The van der Waals surface area contributed by atoms with E-state index in [4.69, 9.17) is 9.47 Å². The van der Waals surface area contributed by atoms with E-state index >= 15 is 0 Å². The number of benzene rings is 3. The van der Waals surface area contributed by atoms with Crippen molar-refractivity contribution in [2.45, 2.75) is 20.1 Å². The Kier molecular flexibility index (Phi) is 7.52. The molecule has 1 N–H and O–H groups in total. The molecule has 7 nitrogen and oxygen atoms in total. The van der Waals surface area contributed by atoms with Crippen LogP contribution in [-0.2, 0) is 13.2 Å². The first-order valence-electron chi connectivity index (χ1n) is 11.1. The maximum absolute atomic E-state index is 13.3. The third kappa shape index (κ3) is 6.32. The van der Waals surface area contributed by atoms with Gasteiger partial charge in [-0.25, -0.2) is 4.39 Å². The number of rotatable bonds is 9. The van der Waals surface area contributed by atoms with E-state index < -0.39 is 0 Å². The number of carbonyl (C=O) groups excluding carboxylic acids is 1. The molecule has 3 aromatic carbocycles. The second-order valence-corrected chi connectivity index (χ2v) is 7.65. The standard InChI is InChI=1S/C27H24FN3O4/c1-2-34-24-12-6-19(7-13-24)17-29-27(33)21-8-10-23(11-9-21)31-26(32)15-14-25(30-31)35-18-20-4-3-5-22(28)16-20/h3-16H,2,17-18H2,1H3,(H,29,33). The lowest BCUT2D eigenvalue weighted by Gasteiger charge is -2.10. The fraction of sp³-hybridized carbons (Fsp3) is 0.148. The Bertz CT molecular complexity index is 1350. The van der Waals surface area contributed by atoms with Crippen LogP contribution in [0.25, 0.3) is 5.69 Å². The predicted octanol–water partition coefficient (Wildman–Crippen LogP) is 4.28. The maximum Gasteiger partial charge on any atom is 0.271 e. The molecule has 0 radical (unpaired) electrons. The number of hydrogen-bond donors (Lipinski definition) is 1. The van der Waals surface area contributed by atoms with Crippen LogP contribution in [0.4, 0.5) is 4.39 Å². The molecular formula is C27H24FN3O4. The molecule has 1 heterocycles. The highest BCUT2D eigenvalue weighted by Gasteiger charge is 2.09. The van der Waals surface area contributed by atoms with Crippen LogP contribution in [0.1, 0.15) is 28.4 Å². The van der Waals surface area contributed by atoms with E-state index in [1.165, 1.54) is 28.9 Å². The average molecular weight is 474 g/mol. The van der Waals surface area contributed by atoms with Gasteiger partial charge >= 0.3 is 0 Å². The van der Waals surface area contributed by atoms with Gasteiger partial charge in [0.1, 0.15) is 18.2 Å². The summed E-state index contributed by atoms with van der Waals surface area (Å²) < 4.78 is 25.6. The molecule has 0 unspecified atom stereocenters. The van der Waals surface area contributed by atoms with Crippen molar-refractivity contribution in [2.75, 3.05) is 6.61 Å². The van der Waals surface area contributed by atoms with Crippen molar-refractivity contribution in [2.24, 2.45) is 0 Å². The van der Waals surface area contributed by atoms with E-state index in [0.29, 0.717) is 30.0 Å². The summed E-state index contributed by atoms with van der Waals surface area (Å²) in [5.41, 5.74) is 2.17. The van der Waals surface area contributed by atoms with Crippen molar-refractivity contribution in [1.29, 1.82) is 0 Å². The number of aromatic nitrogens is 2. The van der Waals surface area contributed by atoms with Crippen molar-refractivity contribution in [1.82, 2.24) is 15.1 Å². The van der Waals surface area contributed by atoms with Crippen molar-refractivity contribution < 1.29 is 18.7 Å². The van der Waals surface area contributed by atoms with Gasteiger partial charge in [0.15, 0.2) is 0 Å². The monoisotopic (exact) mass is 473 g/mol. The molecule has 0 bridgehead atoms. The van der Waals surface area contributed by atoms with E-state index in [0.717, 1.165) is 11.3 Å². The van der Waals surface area contributed by atoms with Gasteiger partial charge in [0.25, 0.3) is 11.5 Å². The van der Waals surface area contributed by atoms with Crippen LogP contribution < -0.4 is 20.3 Å². The molecular weight excluding hydrogens is 449 g/mol. The first-order chi connectivity index (χ1) is 17.0. The van der Waals surface area contributed by atoms with Crippen LogP contribution in [0.2, 0.25) is 0 Å². The predicted molar refractivity (Wildman–Crippen MR) is 129 cm³/mol. The first kappa shape index (κ1) is 23.7. The number of nitrogens with zero attached hydrogens (tertiary/aromatic N) is 2. The Labute approximate surface area is 201 Å². The molecule has 0 aliphatic heterocycles. The number of amides is 1. The van der Waals surface area contributed by atoms with Gasteiger partial charge in [-0.15, -0.1) is 5.10 Å². The summed E-state index contributed by atoms with van der Waals surface area (Å²) in [6.45, 7) is 3.00. The molecule has 1 amide bonds. The minimum atomic E-state index is -0.354. The largest absolute Gasteiger partial charge is 0.494 e. The fourth-order valence-electron chi connectivity index (χ4n) is 3.35. The van der Waals surface area contributed by atoms with Crippen molar-refractivity contribution in [3.63, 3.8) is 0 Å². The van der Waals surface area contributed by atoms with Gasteiger partial charge < -0.3 is 14.8 Å². The Hall–Kier alpha value is -4.46. The summed E-state index contributed by atoms with van der Waals surface area (Å²) in [6, 6.07) is 22.9. The summed E-state index contributed by atoms with van der Waals surface area (Å²) in [5.74, 6) is 0.405. The van der Waals surface area contributed by atoms with E-state index in [1.54, 1.807) is 36.4 Å². The molecule has 0 aliphatic carbocycles. The minimum absolute atomic E-state index is 0.108. The summed E-state index contributed by atoms with van der Waals surface area (Å²) >= 11 is 0. The zero-order valence-corrected chi connectivity index (χ0v) is 19.1. The molecule has 4 rings (SSSR count). The zero-order valence-electron chi connectivity index (χ0n) is 19.1. The van der Waals surface area contributed by atoms with E-state index in [1.807, 2.05) is 31.2 Å². The van der Waals surface area contributed by atoms with Crippen LogP contribution >= 0.6 is 0 Å². The normalized spacial score (nSPS) is 10.6. The Morgan fingerprint density at radius 3 is 2.43 bits per heavy atom. The summed E-state index contributed by atoms with van der Waals surface area (Å²) in [6.07, 6.45) is 0. The Balaban J connectivity index is 1.39. The van der Waals surface area contributed by atoms with Crippen LogP contribution in [0.3, 0.4) is 0 Å². The number of hydrogen-bond acceptors (Lipinski definition) is 5. The highest BCUT2D eigenvalue weighted by atomic mass is 19.1. The second-order valence-electron chi connectivity index (χ2n) is 7.65. The van der Waals surface area contributed by atoms with Crippen molar-refractivity contribution in [3.8, 4) is 17.3 Å². The summed E-state index contributed by atoms with van der Waals surface area (Å²) in [7, 11) is 0. The smallest absolute Gasteiger partial charge is 0.271 e. The lowest BCUT2D eigenvalue weighted by atomic mass is 10.1. The molecule has 0 fully saturated rings. The van der Waals surface area contributed by atoms with Crippen molar-refractivity contribution in [3.05, 3.63) is 118 Å². The van der Waals surface area contributed by atoms with Crippen LogP contribution in [0.5, 0.6) is 11.6 Å². The quantitative estimate of drug-likeness (QED) is 0.392. The van der Waals surface area contributed by atoms with Crippen LogP contribution in [-0.4, -0.2) is 22.3 Å². The van der Waals surface area contributed by atoms with Gasteiger partial charge in [0.05, 0.1) is 12.3 Å². The Morgan fingerprint density at radius 2 is 1.71 bits per heavy atom. The second kappa shape index (κ2) is 11.1. The average Bonchev–Trinajstić information content (AvgIpc) is 2.88. The molecule has 0 saturated heterocycles. The fourth-order valence-corrected chi connectivity index (χ4v) is 3.35. The number of ether oxygens (including phenoxy) is 2. The molecule has 35 heavy (non-hydrogen) atoms. The molecule has 0 aliphatic rings. The van der Waals surface area contributed by atoms with Crippen LogP contribution in [0, 0.1) is 5.82 Å². The number of nitrogens with one attached hydrogen (secondary N) is 1. The summed E-state index contributed by atoms with van der Waals surface area (Å²) in [4.78, 5) is 24.9. The molecule has 0 atom stereocenters. The number of halogens is 1. The molecule has 178 valence electrons. The van der Waals surface area contributed by atoms with E-state index in [9.17, 15) is 14.0 Å². The SMILES string of the molecule is CCOc1ccc(CNC(=O)c2ccc(-n3nc(OCc4cccc(F)c4)ccc3=O)cc2)cc1. The topological polar surface area (TPSA) is 82.4 Å². The van der Waals surface area contributed by atoms with Crippen molar-refractivity contribution >= 4 is 5.91 Å². The van der Waals surface area contributed by atoms with Gasteiger partial charge in [-0.2, -0.15) is 4.68 Å². The Morgan fingerprint density at radius 1 is 0.943 bits per heavy atom. The van der Waals surface area contributed by atoms with Crippen LogP contribution in [0.15, 0.2) is 89.7 Å². The lowest BCUT2D eigenvalue weighted by Crippen LogP contribution is -2.23. The summed E-state index contributed by atoms with van der Waals surface area (Å²) in [5, 5.41) is 7.10. The lowest BCUT2D eigenvalue weighted by molar-refractivity contribution is 0.0951. The van der Waals surface area contributed by atoms with Gasteiger partial charge in [-0.3, -0.25) is 9.59 Å². The van der Waals surface area contributed by atoms with E-state index in [-0.39, 0.29) is 29.8 Å². The molecule has 4 aromatic rings. The molecule has 8 heteroatoms. The van der Waals surface area contributed by atoms with Gasteiger partial charge in [-0.1, -0.05) is 24.3 Å². The first-order valence-corrected chi connectivity index (χ1v) is 11.1. The molecule has 1 aromatic heterocycles. The molecule has 0 saturated carbocycles. The third-order valence-corrected chi connectivity index (χ3v) is 5.11.